The second-order valence-electron chi connectivity index (χ2n) is 5.35. The third-order valence-corrected chi connectivity index (χ3v) is 3.84. The zero-order valence-electron chi connectivity index (χ0n) is 11.5. The highest BCUT2D eigenvalue weighted by Crippen LogP contribution is 2.23. The van der Waals surface area contributed by atoms with Gasteiger partial charge < -0.3 is 15.1 Å². The number of aromatic hydroxyl groups is 1. The molecule has 1 aromatic carbocycles. The van der Waals surface area contributed by atoms with Gasteiger partial charge in [0.2, 0.25) is 5.91 Å². The van der Waals surface area contributed by atoms with Gasteiger partial charge >= 0.3 is 5.97 Å². The zero-order valence-corrected chi connectivity index (χ0v) is 11.5. The Labute approximate surface area is 117 Å². The van der Waals surface area contributed by atoms with E-state index in [4.69, 9.17) is 5.11 Å². The number of amides is 1. The van der Waals surface area contributed by atoms with Gasteiger partial charge in [0.1, 0.15) is 5.75 Å². The summed E-state index contributed by atoms with van der Waals surface area (Å²) in [5.74, 6) is -1.19. The van der Waals surface area contributed by atoms with Gasteiger partial charge in [-0.05, 0) is 37.5 Å². The first-order valence-corrected chi connectivity index (χ1v) is 6.77. The van der Waals surface area contributed by atoms with Crippen LogP contribution in [0.15, 0.2) is 24.3 Å². The number of aliphatic carboxylic acids is 1. The second kappa shape index (κ2) is 5.94. The van der Waals surface area contributed by atoms with Gasteiger partial charge in [0.15, 0.2) is 0 Å². The number of carbonyl (C=O) groups is 2. The highest BCUT2D eigenvalue weighted by atomic mass is 16.4. The molecule has 0 aliphatic carbocycles. The predicted octanol–water partition coefficient (Wildman–Crippen LogP) is 1.65. The van der Waals surface area contributed by atoms with Crippen LogP contribution in [0, 0.1) is 5.92 Å². The molecular weight excluding hydrogens is 258 g/mol. The Morgan fingerprint density at radius 2 is 1.90 bits per heavy atom. The van der Waals surface area contributed by atoms with Gasteiger partial charge in [0.05, 0.1) is 12.3 Å². The van der Waals surface area contributed by atoms with Gasteiger partial charge in [0.25, 0.3) is 0 Å². The summed E-state index contributed by atoms with van der Waals surface area (Å²) in [4.78, 5) is 25.0. The summed E-state index contributed by atoms with van der Waals surface area (Å²) in [6, 6.07) is 6.58. The van der Waals surface area contributed by atoms with Gasteiger partial charge in [-0.3, -0.25) is 9.59 Å². The maximum Gasteiger partial charge on any atom is 0.308 e. The number of nitrogens with zero attached hydrogens (tertiary/aromatic N) is 1. The molecule has 20 heavy (non-hydrogen) atoms. The lowest BCUT2D eigenvalue weighted by atomic mass is 9.93. The molecule has 2 rings (SSSR count). The summed E-state index contributed by atoms with van der Waals surface area (Å²) in [6.45, 7) is 2.24. The van der Waals surface area contributed by atoms with Crippen molar-refractivity contribution in [3.05, 3.63) is 29.8 Å². The SMILES string of the molecule is C[C@H]1CC[C@@H](C(=O)O)CN1C(=O)Cc1ccc(O)cc1. The maximum absolute atomic E-state index is 12.3. The van der Waals surface area contributed by atoms with Crippen LogP contribution < -0.4 is 0 Å². The molecule has 5 heteroatoms. The van der Waals surface area contributed by atoms with Gasteiger partial charge in [-0.1, -0.05) is 12.1 Å². The molecule has 5 nitrogen and oxygen atoms in total. The molecular formula is C15H19NO4. The fraction of sp³-hybridized carbons (Fsp3) is 0.467. The molecule has 0 radical (unpaired) electrons. The molecule has 1 amide bonds. The van der Waals surface area contributed by atoms with Crippen molar-refractivity contribution in [3.8, 4) is 5.75 Å². The lowest BCUT2D eigenvalue weighted by Gasteiger charge is -2.36. The number of hydrogen-bond donors (Lipinski definition) is 2. The molecule has 1 saturated heterocycles. The first-order valence-electron chi connectivity index (χ1n) is 6.77. The quantitative estimate of drug-likeness (QED) is 0.880. The van der Waals surface area contributed by atoms with Crippen LogP contribution in [0.3, 0.4) is 0 Å². The van der Waals surface area contributed by atoms with E-state index in [0.717, 1.165) is 12.0 Å². The Bertz CT molecular complexity index is 497. The molecule has 0 saturated carbocycles. The van der Waals surface area contributed by atoms with Crippen LogP contribution in [0.25, 0.3) is 0 Å². The third-order valence-electron chi connectivity index (χ3n) is 3.84. The molecule has 0 spiro atoms. The number of hydrogen-bond acceptors (Lipinski definition) is 3. The molecule has 1 aromatic rings. The van der Waals surface area contributed by atoms with Crippen LogP contribution in [-0.4, -0.2) is 39.6 Å². The predicted molar refractivity (Wildman–Crippen MR) is 73.3 cm³/mol. The summed E-state index contributed by atoms with van der Waals surface area (Å²) in [5, 5.41) is 18.3. The molecule has 0 aromatic heterocycles. The molecule has 0 unspecified atom stereocenters. The minimum absolute atomic E-state index is 0.0610. The molecule has 0 bridgehead atoms. The number of carboxylic acids is 1. The van der Waals surface area contributed by atoms with E-state index in [2.05, 4.69) is 0 Å². The van der Waals surface area contributed by atoms with Gasteiger partial charge in [-0.15, -0.1) is 0 Å². The minimum atomic E-state index is -0.834. The van der Waals surface area contributed by atoms with Crippen molar-refractivity contribution in [2.24, 2.45) is 5.92 Å². The normalized spacial score (nSPS) is 22.6. The third kappa shape index (κ3) is 3.29. The molecule has 1 heterocycles. The van der Waals surface area contributed by atoms with Crippen molar-refractivity contribution in [1.29, 1.82) is 0 Å². The molecule has 1 fully saturated rings. The van der Waals surface area contributed by atoms with E-state index in [-0.39, 0.29) is 30.7 Å². The smallest absolute Gasteiger partial charge is 0.308 e. The van der Waals surface area contributed by atoms with Crippen LogP contribution in [-0.2, 0) is 16.0 Å². The number of phenols is 1. The number of piperidine rings is 1. The molecule has 108 valence electrons. The molecule has 2 N–H and O–H groups in total. The summed E-state index contributed by atoms with van der Waals surface area (Å²) in [5.41, 5.74) is 0.817. The van der Waals surface area contributed by atoms with Crippen molar-refractivity contribution in [2.75, 3.05) is 6.54 Å². The van der Waals surface area contributed by atoms with E-state index in [1.807, 2.05) is 6.92 Å². The Morgan fingerprint density at radius 1 is 1.25 bits per heavy atom. The summed E-state index contributed by atoms with van der Waals surface area (Å²) in [6.07, 6.45) is 1.58. The van der Waals surface area contributed by atoms with Crippen molar-refractivity contribution in [3.63, 3.8) is 0 Å². The average Bonchev–Trinajstić information content (AvgIpc) is 2.41. The number of carboxylic acid groups (broad SMARTS) is 1. The number of benzene rings is 1. The van der Waals surface area contributed by atoms with Crippen molar-refractivity contribution >= 4 is 11.9 Å². The van der Waals surface area contributed by atoms with E-state index in [1.54, 1.807) is 29.2 Å². The van der Waals surface area contributed by atoms with Crippen LogP contribution in [0.2, 0.25) is 0 Å². The van der Waals surface area contributed by atoms with Gasteiger partial charge in [-0.25, -0.2) is 0 Å². The van der Waals surface area contributed by atoms with Gasteiger partial charge in [0, 0.05) is 12.6 Å². The van der Waals surface area contributed by atoms with Crippen LogP contribution in [0.1, 0.15) is 25.3 Å². The topological polar surface area (TPSA) is 77.8 Å². The van der Waals surface area contributed by atoms with E-state index >= 15 is 0 Å². The van der Waals surface area contributed by atoms with Crippen LogP contribution >= 0.6 is 0 Å². The Hall–Kier alpha value is -2.04. The van der Waals surface area contributed by atoms with Crippen molar-refractivity contribution < 1.29 is 19.8 Å². The fourth-order valence-corrected chi connectivity index (χ4v) is 2.55. The van der Waals surface area contributed by atoms with Crippen LogP contribution in [0.5, 0.6) is 5.75 Å². The zero-order chi connectivity index (χ0) is 14.7. The van der Waals surface area contributed by atoms with E-state index in [0.29, 0.717) is 6.42 Å². The number of carbonyl (C=O) groups excluding carboxylic acids is 1. The molecule has 1 aliphatic heterocycles. The highest BCUT2D eigenvalue weighted by molar-refractivity contribution is 5.80. The molecule has 2 atom stereocenters. The van der Waals surface area contributed by atoms with Crippen molar-refractivity contribution in [2.45, 2.75) is 32.2 Å². The van der Waals surface area contributed by atoms with Gasteiger partial charge in [-0.2, -0.15) is 0 Å². The van der Waals surface area contributed by atoms with E-state index in [9.17, 15) is 14.7 Å². The second-order valence-corrected chi connectivity index (χ2v) is 5.35. The lowest BCUT2D eigenvalue weighted by molar-refractivity contribution is -0.146. The first kappa shape index (κ1) is 14.4. The van der Waals surface area contributed by atoms with Crippen molar-refractivity contribution in [1.82, 2.24) is 4.90 Å². The fourth-order valence-electron chi connectivity index (χ4n) is 2.55. The lowest BCUT2D eigenvalue weighted by Crippen LogP contribution is -2.47. The largest absolute Gasteiger partial charge is 0.508 e. The summed E-state index contributed by atoms with van der Waals surface area (Å²) >= 11 is 0. The summed E-state index contributed by atoms with van der Waals surface area (Å²) < 4.78 is 0. The van der Waals surface area contributed by atoms with E-state index in [1.165, 1.54) is 0 Å². The standard InChI is InChI=1S/C15H19NO4/c1-10-2-5-12(15(19)20)9-16(10)14(18)8-11-3-6-13(17)7-4-11/h3-4,6-7,10,12,17H,2,5,8-9H2,1H3,(H,19,20)/t10-,12+/m0/s1. The maximum atomic E-state index is 12.3. The number of phenolic OH excluding ortho intramolecular Hbond substituents is 1. The molecule has 1 aliphatic rings. The minimum Gasteiger partial charge on any atom is -0.508 e. The monoisotopic (exact) mass is 277 g/mol. The summed E-state index contributed by atoms with van der Waals surface area (Å²) in [7, 11) is 0. The number of likely N-dealkylation sites (tertiary alicyclic amines) is 1. The van der Waals surface area contributed by atoms with Crippen LogP contribution in [0.4, 0.5) is 0 Å². The van der Waals surface area contributed by atoms with E-state index < -0.39 is 11.9 Å². The average molecular weight is 277 g/mol. The Morgan fingerprint density at radius 3 is 2.50 bits per heavy atom. The first-order chi connectivity index (χ1) is 9.47. The Kier molecular flexibility index (Phi) is 4.27. The number of rotatable bonds is 3. The Balaban J connectivity index is 2.03. The highest BCUT2D eigenvalue weighted by Gasteiger charge is 2.32.